The van der Waals surface area contributed by atoms with Crippen molar-refractivity contribution in [3.8, 4) is 5.75 Å². The minimum absolute atomic E-state index is 0.00436. The lowest BCUT2D eigenvalue weighted by atomic mass is 9.85. The van der Waals surface area contributed by atoms with Gasteiger partial charge in [-0.2, -0.15) is 13.2 Å². The first-order valence-electron chi connectivity index (χ1n) is 11.4. The number of fused-ring (bicyclic) bond motifs is 2. The topological polar surface area (TPSA) is 75.3 Å². The molecule has 0 spiro atoms. The smallest absolute Gasteiger partial charge is 0.431 e. The molecule has 3 atom stereocenters. The van der Waals surface area contributed by atoms with Crippen LogP contribution in [0, 0.1) is 5.82 Å². The lowest BCUT2D eigenvalue weighted by Crippen LogP contribution is -2.53. The van der Waals surface area contributed by atoms with Crippen molar-refractivity contribution in [2.75, 3.05) is 38.2 Å². The number of morpholine rings is 1. The van der Waals surface area contributed by atoms with E-state index < -0.39 is 11.9 Å². The van der Waals surface area contributed by atoms with Crippen molar-refractivity contribution in [3.05, 3.63) is 60.3 Å². The number of hydrogen-bond donors (Lipinski definition) is 2. The Hall–Kier alpha value is -3.18. The third-order valence-corrected chi connectivity index (χ3v) is 6.58. The molecule has 7 nitrogen and oxygen atoms in total. The highest BCUT2D eigenvalue weighted by molar-refractivity contribution is 5.87. The van der Waals surface area contributed by atoms with Gasteiger partial charge in [0.1, 0.15) is 41.7 Å². The molecule has 186 valence electrons. The van der Waals surface area contributed by atoms with E-state index in [0.717, 1.165) is 18.2 Å². The normalized spacial score (nSPS) is 23.0. The van der Waals surface area contributed by atoms with Crippen LogP contribution < -0.4 is 10.1 Å². The number of ether oxygens (including phenoxy) is 2. The fourth-order valence-electron chi connectivity index (χ4n) is 4.87. The standard InChI is InChI=1S/C24H25F4N5O2/c1-2-15-11-33(7-8-34-15)19-12-35-20-9-14(25)3-4-17(20)16(19)5-6-29-22-18-10-21(24(26,27)28)32-23(18)31-13-30-22/h2-4,9-10,13,15-16,19H,1,5-8,11-12H2,(H2,29,30,31,32)/t15-,16+,19+/m1/s1. The monoisotopic (exact) mass is 491 g/mol. The highest BCUT2D eigenvalue weighted by atomic mass is 19.4. The number of benzene rings is 1. The van der Waals surface area contributed by atoms with E-state index in [1.54, 1.807) is 12.1 Å². The summed E-state index contributed by atoms with van der Waals surface area (Å²) in [5.41, 5.74) is 0.142. The van der Waals surface area contributed by atoms with E-state index in [1.165, 1.54) is 18.5 Å². The second-order valence-electron chi connectivity index (χ2n) is 8.69. The molecule has 0 radical (unpaired) electrons. The molecule has 2 N–H and O–H groups in total. The van der Waals surface area contributed by atoms with Gasteiger partial charge in [-0.25, -0.2) is 14.4 Å². The Morgan fingerprint density at radius 3 is 2.91 bits per heavy atom. The number of hydrogen-bond acceptors (Lipinski definition) is 6. The summed E-state index contributed by atoms with van der Waals surface area (Å²) in [6.45, 7) is 6.65. The van der Waals surface area contributed by atoms with Crippen molar-refractivity contribution in [1.82, 2.24) is 19.9 Å². The predicted molar refractivity (Wildman–Crippen MR) is 122 cm³/mol. The van der Waals surface area contributed by atoms with Crippen molar-refractivity contribution < 1.29 is 27.0 Å². The quantitative estimate of drug-likeness (QED) is 0.395. The molecule has 0 amide bonds. The maximum atomic E-state index is 13.9. The number of nitrogens with zero attached hydrogens (tertiary/aromatic N) is 3. The van der Waals surface area contributed by atoms with Crippen LogP contribution in [0.4, 0.5) is 23.4 Å². The molecule has 1 saturated heterocycles. The maximum absolute atomic E-state index is 13.9. The third kappa shape index (κ3) is 4.83. The summed E-state index contributed by atoms with van der Waals surface area (Å²) in [6, 6.07) is 5.59. The van der Waals surface area contributed by atoms with Crippen LogP contribution in [0.25, 0.3) is 11.0 Å². The second kappa shape index (κ2) is 9.46. The largest absolute Gasteiger partial charge is 0.492 e. The molecule has 1 fully saturated rings. The van der Waals surface area contributed by atoms with Crippen molar-refractivity contribution in [2.45, 2.75) is 30.7 Å². The van der Waals surface area contributed by atoms with Gasteiger partial charge < -0.3 is 19.8 Å². The van der Waals surface area contributed by atoms with Crippen LogP contribution in [0.1, 0.15) is 23.6 Å². The molecule has 2 aromatic heterocycles. The zero-order valence-electron chi connectivity index (χ0n) is 18.8. The molecular weight excluding hydrogens is 466 g/mol. The highest BCUT2D eigenvalue weighted by Crippen LogP contribution is 2.39. The van der Waals surface area contributed by atoms with Crippen LogP contribution in [0.3, 0.4) is 0 Å². The minimum Gasteiger partial charge on any atom is -0.492 e. The van der Waals surface area contributed by atoms with Crippen LogP contribution in [-0.4, -0.2) is 64.8 Å². The van der Waals surface area contributed by atoms with Crippen LogP contribution in [0.15, 0.2) is 43.2 Å². The average Bonchev–Trinajstić information content (AvgIpc) is 3.30. The summed E-state index contributed by atoms with van der Waals surface area (Å²) in [5.74, 6) is 0.477. The Bertz CT molecular complexity index is 1210. The lowest BCUT2D eigenvalue weighted by Gasteiger charge is -2.43. The van der Waals surface area contributed by atoms with Crippen LogP contribution >= 0.6 is 0 Å². The highest BCUT2D eigenvalue weighted by Gasteiger charge is 2.37. The number of halogens is 4. The minimum atomic E-state index is -4.51. The summed E-state index contributed by atoms with van der Waals surface area (Å²) >= 11 is 0. The maximum Gasteiger partial charge on any atom is 0.431 e. The molecule has 0 bridgehead atoms. The number of aromatic amines is 1. The summed E-state index contributed by atoms with van der Waals surface area (Å²) in [7, 11) is 0. The van der Waals surface area contributed by atoms with Crippen molar-refractivity contribution in [3.63, 3.8) is 0 Å². The number of rotatable bonds is 6. The van der Waals surface area contributed by atoms with Gasteiger partial charge in [-0.3, -0.25) is 4.90 Å². The zero-order chi connectivity index (χ0) is 24.6. The van der Waals surface area contributed by atoms with Gasteiger partial charge in [0.05, 0.1) is 24.1 Å². The molecule has 0 unspecified atom stereocenters. The molecule has 0 aliphatic carbocycles. The van der Waals surface area contributed by atoms with E-state index in [4.69, 9.17) is 9.47 Å². The van der Waals surface area contributed by atoms with Gasteiger partial charge >= 0.3 is 6.18 Å². The van der Waals surface area contributed by atoms with E-state index in [-0.39, 0.29) is 34.9 Å². The van der Waals surface area contributed by atoms with Gasteiger partial charge in [0, 0.05) is 31.6 Å². The van der Waals surface area contributed by atoms with Gasteiger partial charge in [0.25, 0.3) is 0 Å². The lowest BCUT2D eigenvalue weighted by molar-refractivity contribution is -0.140. The van der Waals surface area contributed by atoms with E-state index in [9.17, 15) is 17.6 Å². The Morgan fingerprint density at radius 2 is 2.11 bits per heavy atom. The van der Waals surface area contributed by atoms with E-state index >= 15 is 0 Å². The summed E-state index contributed by atoms with van der Waals surface area (Å²) in [4.78, 5) is 12.7. The summed E-state index contributed by atoms with van der Waals surface area (Å²) in [6.07, 6.45) is -0.955. The SMILES string of the molecule is C=C[C@@H]1CN([C@H]2COc3cc(F)ccc3[C@@H]2CCNc2ncnc3[nH]c(C(F)(F)F)cc23)CCO1. The van der Waals surface area contributed by atoms with Crippen LogP contribution in [0.5, 0.6) is 5.75 Å². The van der Waals surface area contributed by atoms with Gasteiger partial charge in [0.2, 0.25) is 0 Å². The predicted octanol–water partition coefficient (Wildman–Crippen LogP) is 4.35. The van der Waals surface area contributed by atoms with Crippen molar-refractivity contribution in [1.29, 1.82) is 0 Å². The number of alkyl halides is 3. The average molecular weight is 491 g/mol. The molecule has 2 aliphatic rings. The summed E-state index contributed by atoms with van der Waals surface area (Å²) < 4.78 is 64.9. The Morgan fingerprint density at radius 1 is 1.26 bits per heavy atom. The van der Waals surface area contributed by atoms with Crippen LogP contribution in [0.2, 0.25) is 0 Å². The first-order chi connectivity index (χ1) is 16.8. The first kappa shape index (κ1) is 23.6. The number of aromatic nitrogens is 3. The molecule has 11 heteroatoms. The number of anilines is 1. The van der Waals surface area contributed by atoms with Crippen LogP contribution in [-0.2, 0) is 10.9 Å². The fraction of sp³-hybridized carbons (Fsp3) is 0.417. The molecule has 35 heavy (non-hydrogen) atoms. The third-order valence-electron chi connectivity index (χ3n) is 6.58. The number of H-pyrrole nitrogens is 1. The van der Waals surface area contributed by atoms with Gasteiger partial charge in [-0.1, -0.05) is 12.1 Å². The fourth-order valence-corrected chi connectivity index (χ4v) is 4.87. The Balaban J connectivity index is 1.37. The molecule has 3 aromatic rings. The van der Waals surface area contributed by atoms with Gasteiger partial charge in [-0.05, 0) is 24.1 Å². The number of nitrogens with one attached hydrogen (secondary N) is 2. The van der Waals surface area contributed by atoms with E-state index in [2.05, 4.69) is 31.7 Å². The molecule has 4 heterocycles. The molecular formula is C24H25F4N5O2. The van der Waals surface area contributed by atoms with Gasteiger partial charge in [0.15, 0.2) is 0 Å². The van der Waals surface area contributed by atoms with Gasteiger partial charge in [-0.15, -0.1) is 6.58 Å². The molecule has 0 saturated carbocycles. The molecule has 2 aliphatic heterocycles. The Labute approximate surface area is 199 Å². The Kier molecular flexibility index (Phi) is 6.37. The summed E-state index contributed by atoms with van der Waals surface area (Å²) in [5, 5.41) is 3.44. The first-order valence-corrected chi connectivity index (χ1v) is 11.4. The second-order valence-corrected chi connectivity index (χ2v) is 8.69. The zero-order valence-corrected chi connectivity index (χ0v) is 18.8. The molecule has 5 rings (SSSR count). The van der Waals surface area contributed by atoms with E-state index in [0.29, 0.717) is 44.3 Å². The van der Waals surface area contributed by atoms with E-state index in [1.807, 2.05) is 0 Å². The van der Waals surface area contributed by atoms with Crippen molar-refractivity contribution >= 4 is 16.9 Å². The van der Waals surface area contributed by atoms with Crippen molar-refractivity contribution in [2.24, 2.45) is 0 Å². The molecule has 1 aromatic carbocycles.